The van der Waals surface area contributed by atoms with Crippen LogP contribution in [0.4, 0.5) is 14.9 Å². The Bertz CT molecular complexity index is 1030. The summed E-state index contributed by atoms with van der Waals surface area (Å²) in [4.78, 5) is 27.7. The van der Waals surface area contributed by atoms with Gasteiger partial charge in [-0.2, -0.15) is 0 Å². The highest BCUT2D eigenvalue weighted by Crippen LogP contribution is 2.24. The van der Waals surface area contributed by atoms with Gasteiger partial charge in [0.1, 0.15) is 5.75 Å². The predicted octanol–water partition coefficient (Wildman–Crippen LogP) is 3.76. The number of urea groups is 1. The average molecular weight is 408 g/mol. The van der Waals surface area contributed by atoms with Crippen molar-refractivity contribution in [1.29, 1.82) is 0 Å². The summed E-state index contributed by atoms with van der Waals surface area (Å²) in [6, 6.07) is 14.6. The number of aryl methyl sites for hydroxylation is 1. The molecule has 0 saturated carbocycles. The average Bonchev–Trinajstić information content (AvgIpc) is 2.73. The van der Waals surface area contributed by atoms with Gasteiger partial charge in [-0.3, -0.25) is 9.78 Å². The minimum atomic E-state index is -0.554. The second-order valence-electron chi connectivity index (χ2n) is 6.51. The molecule has 7 nitrogen and oxygen atoms in total. The standard InChI is InChI=1S/C22H21FN4O3/c1-15-4-2-5-17(10-15)27-22(29)26-14-21(28)25-12-16-7-8-20(19(23)11-16)30-18-6-3-9-24-13-18/h2-11,13H,12,14H2,1H3,(H,25,28)(H2,26,27,29). The van der Waals surface area contributed by atoms with Crippen molar-refractivity contribution >= 4 is 17.6 Å². The van der Waals surface area contributed by atoms with E-state index in [4.69, 9.17) is 4.74 Å². The van der Waals surface area contributed by atoms with Crippen molar-refractivity contribution in [3.8, 4) is 11.5 Å². The molecule has 154 valence electrons. The molecule has 1 aromatic heterocycles. The molecule has 3 N–H and O–H groups in total. The monoisotopic (exact) mass is 408 g/mol. The molecule has 0 atom stereocenters. The van der Waals surface area contributed by atoms with Gasteiger partial charge in [-0.25, -0.2) is 9.18 Å². The molecule has 0 aliphatic carbocycles. The molecule has 0 fully saturated rings. The van der Waals surface area contributed by atoms with Gasteiger partial charge in [0.2, 0.25) is 5.91 Å². The maximum Gasteiger partial charge on any atom is 0.319 e. The highest BCUT2D eigenvalue weighted by molar-refractivity contribution is 5.92. The number of benzene rings is 2. The number of halogens is 1. The van der Waals surface area contributed by atoms with Crippen LogP contribution in [0.2, 0.25) is 0 Å². The first-order valence-corrected chi connectivity index (χ1v) is 9.24. The summed E-state index contributed by atoms with van der Waals surface area (Å²) in [7, 11) is 0. The zero-order chi connectivity index (χ0) is 21.3. The van der Waals surface area contributed by atoms with Gasteiger partial charge >= 0.3 is 6.03 Å². The zero-order valence-electron chi connectivity index (χ0n) is 16.3. The minimum absolute atomic E-state index is 0.0626. The van der Waals surface area contributed by atoms with Gasteiger partial charge in [0.25, 0.3) is 0 Å². The number of nitrogens with one attached hydrogen (secondary N) is 3. The first-order chi connectivity index (χ1) is 14.5. The first-order valence-electron chi connectivity index (χ1n) is 9.24. The third kappa shape index (κ3) is 6.30. The summed E-state index contributed by atoms with van der Waals surface area (Å²) in [5.74, 6) is -0.466. The molecule has 0 aliphatic heterocycles. The largest absolute Gasteiger partial charge is 0.453 e. The fourth-order valence-electron chi connectivity index (χ4n) is 2.59. The Balaban J connectivity index is 1.44. The SMILES string of the molecule is Cc1cccc(NC(=O)NCC(=O)NCc2ccc(Oc3cccnc3)c(F)c2)c1. The predicted molar refractivity (Wildman–Crippen MR) is 111 cm³/mol. The summed E-state index contributed by atoms with van der Waals surface area (Å²) >= 11 is 0. The molecule has 0 unspecified atom stereocenters. The number of anilines is 1. The van der Waals surface area contributed by atoms with Gasteiger partial charge in [0.15, 0.2) is 11.6 Å². The summed E-state index contributed by atoms with van der Waals surface area (Å²) in [6.45, 7) is 1.82. The van der Waals surface area contributed by atoms with E-state index in [1.54, 1.807) is 30.5 Å². The van der Waals surface area contributed by atoms with Crippen molar-refractivity contribution in [2.75, 3.05) is 11.9 Å². The van der Waals surface area contributed by atoms with Gasteiger partial charge < -0.3 is 20.7 Å². The maximum atomic E-state index is 14.2. The molecular weight excluding hydrogens is 387 g/mol. The van der Waals surface area contributed by atoms with Crippen molar-refractivity contribution in [1.82, 2.24) is 15.6 Å². The molecular formula is C22H21FN4O3. The van der Waals surface area contributed by atoms with Crippen LogP contribution in [0.15, 0.2) is 67.0 Å². The number of carbonyl (C=O) groups excluding carboxylic acids is 2. The molecule has 8 heteroatoms. The van der Waals surface area contributed by atoms with Crippen LogP contribution in [-0.2, 0) is 11.3 Å². The van der Waals surface area contributed by atoms with Gasteiger partial charge in [-0.05, 0) is 54.4 Å². The topological polar surface area (TPSA) is 92.4 Å². The van der Waals surface area contributed by atoms with Crippen LogP contribution < -0.4 is 20.7 Å². The van der Waals surface area contributed by atoms with Crippen molar-refractivity contribution in [2.45, 2.75) is 13.5 Å². The number of rotatable bonds is 7. The maximum absolute atomic E-state index is 14.2. The molecule has 0 radical (unpaired) electrons. The van der Waals surface area contributed by atoms with E-state index in [1.807, 2.05) is 25.1 Å². The Morgan fingerprint density at radius 2 is 1.93 bits per heavy atom. The lowest BCUT2D eigenvalue weighted by Gasteiger charge is -2.10. The van der Waals surface area contributed by atoms with Crippen LogP contribution in [-0.4, -0.2) is 23.5 Å². The van der Waals surface area contributed by atoms with Crippen molar-refractivity contribution in [3.63, 3.8) is 0 Å². The lowest BCUT2D eigenvalue weighted by molar-refractivity contribution is -0.120. The Morgan fingerprint density at radius 1 is 1.07 bits per heavy atom. The molecule has 0 aliphatic rings. The molecule has 0 bridgehead atoms. The summed E-state index contributed by atoms with van der Waals surface area (Å²) < 4.78 is 19.7. The van der Waals surface area contributed by atoms with Gasteiger partial charge in [0.05, 0.1) is 12.7 Å². The fraction of sp³-hybridized carbons (Fsp3) is 0.136. The Labute approximate surface area is 173 Å². The number of carbonyl (C=O) groups is 2. The number of hydrogen-bond donors (Lipinski definition) is 3. The second kappa shape index (κ2) is 10.0. The number of amides is 3. The normalized spacial score (nSPS) is 10.2. The van der Waals surface area contributed by atoms with E-state index in [1.165, 1.54) is 18.3 Å². The van der Waals surface area contributed by atoms with E-state index in [0.717, 1.165) is 5.56 Å². The number of pyridine rings is 1. The fourth-order valence-corrected chi connectivity index (χ4v) is 2.59. The quantitative estimate of drug-likeness (QED) is 0.555. The minimum Gasteiger partial charge on any atom is -0.453 e. The van der Waals surface area contributed by atoms with Gasteiger partial charge in [-0.1, -0.05) is 18.2 Å². The Kier molecular flexibility index (Phi) is 6.94. The molecule has 0 spiro atoms. The van der Waals surface area contributed by atoms with Crippen molar-refractivity contribution in [3.05, 3.63) is 83.9 Å². The lowest BCUT2D eigenvalue weighted by atomic mass is 10.2. The van der Waals surface area contributed by atoms with Crippen LogP contribution in [0.1, 0.15) is 11.1 Å². The highest BCUT2D eigenvalue weighted by Gasteiger charge is 2.09. The summed E-state index contributed by atoms with van der Waals surface area (Å²) in [5.41, 5.74) is 2.20. The third-order valence-corrected chi connectivity index (χ3v) is 4.03. The lowest BCUT2D eigenvalue weighted by Crippen LogP contribution is -2.38. The van der Waals surface area contributed by atoms with E-state index in [-0.39, 0.29) is 18.8 Å². The molecule has 3 rings (SSSR count). The van der Waals surface area contributed by atoms with E-state index < -0.39 is 17.8 Å². The number of ether oxygens (including phenoxy) is 1. The van der Waals surface area contributed by atoms with Crippen LogP contribution in [0.3, 0.4) is 0 Å². The van der Waals surface area contributed by atoms with E-state index >= 15 is 0 Å². The van der Waals surface area contributed by atoms with E-state index in [9.17, 15) is 14.0 Å². The highest BCUT2D eigenvalue weighted by atomic mass is 19.1. The number of aromatic nitrogens is 1. The number of nitrogens with zero attached hydrogens (tertiary/aromatic N) is 1. The molecule has 3 amide bonds. The Morgan fingerprint density at radius 3 is 2.67 bits per heavy atom. The van der Waals surface area contributed by atoms with Crippen LogP contribution >= 0.6 is 0 Å². The number of hydrogen-bond acceptors (Lipinski definition) is 4. The summed E-state index contributed by atoms with van der Waals surface area (Å²) in [6.07, 6.45) is 3.08. The third-order valence-electron chi connectivity index (χ3n) is 4.03. The van der Waals surface area contributed by atoms with E-state index in [0.29, 0.717) is 17.0 Å². The molecule has 2 aromatic carbocycles. The molecule has 3 aromatic rings. The first kappa shape index (κ1) is 20.8. The van der Waals surface area contributed by atoms with Gasteiger partial charge in [-0.15, -0.1) is 0 Å². The smallest absolute Gasteiger partial charge is 0.319 e. The molecule has 30 heavy (non-hydrogen) atoms. The second-order valence-corrected chi connectivity index (χ2v) is 6.51. The van der Waals surface area contributed by atoms with Crippen LogP contribution in [0.25, 0.3) is 0 Å². The zero-order valence-corrected chi connectivity index (χ0v) is 16.3. The van der Waals surface area contributed by atoms with E-state index in [2.05, 4.69) is 20.9 Å². The van der Waals surface area contributed by atoms with Crippen molar-refractivity contribution < 1.29 is 18.7 Å². The summed E-state index contributed by atoms with van der Waals surface area (Å²) in [5, 5.41) is 7.74. The van der Waals surface area contributed by atoms with Crippen molar-refractivity contribution in [2.24, 2.45) is 0 Å². The molecule has 0 saturated heterocycles. The molecule has 1 heterocycles. The van der Waals surface area contributed by atoms with Gasteiger partial charge in [0, 0.05) is 18.4 Å². The Hall–Kier alpha value is -3.94. The van der Waals surface area contributed by atoms with Crippen LogP contribution in [0, 0.1) is 12.7 Å². The van der Waals surface area contributed by atoms with Crippen LogP contribution in [0.5, 0.6) is 11.5 Å².